The number of hydrogen-bond acceptors (Lipinski definition) is 8. The van der Waals surface area contributed by atoms with Gasteiger partial charge >= 0.3 is 5.97 Å². The van der Waals surface area contributed by atoms with Gasteiger partial charge in [0.15, 0.2) is 6.10 Å². The molecule has 0 bridgehead atoms. The fourth-order valence-electron chi connectivity index (χ4n) is 4.69. The Labute approximate surface area is 241 Å². The molecule has 214 valence electrons. The fraction of sp³-hybridized carbons (Fsp3) is 0.233. The van der Waals surface area contributed by atoms with Gasteiger partial charge in [0.25, 0.3) is 5.91 Å². The second kappa shape index (κ2) is 13.0. The highest BCUT2D eigenvalue weighted by Gasteiger charge is 2.29. The zero-order chi connectivity index (χ0) is 29.5. The van der Waals surface area contributed by atoms with Gasteiger partial charge in [-0.05, 0) is 40.3 Å². The van der Waals surface area contributed by atoms with Crippen LogP contribution in [0.4, 0.5) is 0 Å². The fourth-order valence-corrected chi connectivity index (χ4v) is 4.69. The van der Waals surface area contributed by atoms with Gasteiger partial charge in [0.1, 0.15) is 5.82 Å². The number of tetrazole rings is 1. The first-order valence-corrected chi connectivity index (χ1v) is 13.5. The van der Waals surface area contributed by atoms with E-state index in [0.29, 0.717) is 24.6 Å². The normalized spacial score (nSPS) is 12.5. The summed E-state index contributed by atoms with van der Waals surface area (Å²) in [5, 5.41) is 41.1. The molecular weight excluding hydrogens is 536 g/mol. The number of aromatic amines is 1. The van der Waals surface area contributed by atoms with Gasteiger partial charge in [-0.1, -0.05) is 85.8 Å². The zero-order valence-corrected chi connectivity index (χ0v) is 22.9. The van der Waals surface area contributed by atoms with Crippen LogP contribution in [0.25, 0.3) is 22.5 Å². The Bertz CT molecular complexity index is 1640. The number of carboxylic acids is 1. The van der Waals surface area contributed by atoms with Crippen LogP contribution in [0, 0.1) is 0 Å². The van der Waals surface area contributed by atoms with Crippen molar-refractivity contribution in [2.45, 2.75) is 44.9 Å². The molecule has 42 heavy (non-hydrogen) atoms. The van der Waals surface area contributed by atoms with Gasteiger partial charge in [0.2, 0.25) is 11.6 Å². The lowest BCUT2D eigenvalue weighted by Crippen LogP contribution is -2.48. The lowest BCUT2D eigenvalue weighted by Gasteiger charge is -2.21. The van der Waals surface area contributed by atoms with Crippen molar-refractivity contribution in [3.63, 3.8) is 0 Å². The summed E-state index contributed by atoms with van der Waals surface area (Å²) in [6.07, 6.45) is -0.276. The number of carbonyl (C=O) groups is 2. The average Bonchev–Trinajstić information content (AvgIpc) is 3.68. The monoisotopic (exact) mass is 566 g/mol. The molecule has 12 nitrogen and oxygen atoms in total. The van der Waals surface area contributed by atoms with Crippen LogP contribution in [0.3, 0.4) is 0 Å². The predicted octanol–water partition coefficient (Wildman–Crippen LogP) is 2.91. The van der Waals surface area contributed by atoms with Gasteiger partial charge in [-0.15, -0.1) is 15.3 Å². The van der Waals surface area contributed by atoms with Crippen LogP contribution in [0.15, 0.2) is 78.9 Å². The minimum atomic E-state index is -1.80. The Kier molecular flexibility index (Phi) is 8.73. The van der Waals surface area contributed by atoms with E-state index in [9.17, 15) is 19.8 Å². The second-order valence-corrected chi connectivity index (χ2v) is 9.79. The first-order valence-electron chi connectivity index (χ1n) is 13.5. The summed E-state index contributed by atoms with van der Waals surface area (Å²) >= 11 is 0. The second-order valence-electron chi connectivity index (χ2n) is 9.79. The third-order valence-corrected chi connectivity index (χ3v) is 6.78. The molecule has 0 saturated heterocycles. The number of aromatic nitrogens is 7. The van der Waals surface area contributed by atoms with E-state index in [-0.39, 0.29) is 12.2 Å². The number of aliphatic carboxylic acids is 1. The number of hydrogen-bond donors (Lipinski definition) is 4. The zero-order valence-electron chi connectivity index (χ0n) is 22.9. The molecule has 0 aliphatic heterocycles. The summed E-state index contributed by atoms with van der Waals surface area (Å²) < 4.78 is 1.68. The average molecular weight is 567 g/mol. The van der Waals surface area contributed by atoms with Gasteiger partial charge in [-0.3, -0.25) is 4.79 Å². The van der Waals surface area contributed by atoms with E-state index in [2.05, 4.69) is 36.0 Å². The third kappa shape index (κ3) is 6.56. The van der Waals surface area contributed by atoms with E-state index in [1.165, 1.54) is 0 Å². The van der Waals surface area contributed by atoms with E-state index in [1.807, 2.05) is 61.5 Å². The molecule has 2 aromatic heterocycles. The van der Waals surface area contributed by atoms with Crippen molar-refractivity contribution in [1.29, 1.82) is 0 Å². The molecule has 2 heterocycles. The molecule has 2 atom stereocenters. The number of H-pyrrole nitrogens is 1. The quantitative estimate of drug-likeness (QED) is 0.177. The van der Waals surface area contributed by atoms with Gasteiger partial charge in [-0.25, -0.2) is 14.5 Å². The lowest BCUT2D eigenvalue weighted by atomic mass is 9.98. The topological polar surface area (TPSA) is 172 Å². The summed E-state index contributed by atoms with van der Waals surface area (Å²) in [6.45, 7) is 2.39. The summed E-state index contributed by atoms with van der Waals surface area (Å²) in [5.41, 5.74) is 4.53. The molecule has 5 aromatic rings. The van der Waals surface area contributed by atoms with Gasteiger partial charge < -0.3 is 15.5 Å². The molecule has 0 aliphatic rings. The Hall–Kier alpha value is -5.23. The number of aliphatic hydroxyl groups excluding tert-OH is 1. The van der Waals surface area contributed by atoms with Crippen molar-refractivity contribution in [3.8, 4) is 22.5 Å². The van der Waals surface area contributed by atoms with Crippen LogP contribution >= 0.6 is 0 Å². The summed E-state index contributed by atoms with van der Waals surface area (Å²) in [5.74, 6) is -1.02. The number of nitrogens with one attached hydrogen (secondary N) is 2. The Morgan fingerprint density at radius 3 is 2.33 bits per heavy atom. The number of amides is 1. The van der Waals surface area contributed by atoms with Crippen LogP contribution in [0.1, 0.15) is 40.9 Å². The molecule has 0 fully saturated rings. The number of nitrogens with zero attached hydrogens (tertiary/aromatic N) is 6. The largest absolute Gasteiger partial charge is 0.479 e. The Morgan fingerprint density at radius 2 is 1.67 bits per heavy atom. The first-order chi connectivity index (χ1) is 20.4. The summed E-state index contributed by atoms with van der Waals surface area (Å²) in [7, 11) is 0. The SMILES string of the molecule is CCCc1nc(C(=O)N[C@H](Cc2ccccc2)[C@@H](O)C(=O)O)nn1Cc1ccc(-c2ccccc2-c2nn[nH]n2)cc1. The summed E-state index contributed by atoms with van der Waals surface area (Å²) in [4.78, 5) is 29.2. The minimum Gasteiger partial charge on any atom is -0.479 e. The highest BCUT2D eigenvalue weighted by atomic mass is 16.4. The van der Waals surface area contributed by atoms with E-state index >= 15 is 0 Å². The van der Waals surface area contributed by atoms with Crippen molar-refractivity contribution >= 4 is 11.9 Å². The number of carboxylic acid groups (broad SMARTS) is 1. The van der Waals surface area contributed by atoms with E-state index in [0.717, 1.165) is 34.2 Å². The highest BCUT2D eigenvalue weighted by molar-refractivity contribution is 5.91. The molecule has 1 amide bonds. The van der Waals surface area contributed by atoms with Gasteiger partial charge in [-0.2, -0.15) is 5.21 Å². The van der Waals surface area contributed by atoms with Crippen LogP contribution in [0.5, 0.6) is 0 Å². The number of rotatable bonds is 12. The maximum absolute atomic E-state index is 13.2. The van der Waals surface area contributed by atoms with Crippen LogP contribution < -0.4 is 5.32 Å². The number of carbonyl (C=O) groups excluding carboxylic acids is 1. The van der Waals surface area contributed by atoms with E-state index < -0.39 is 24.0 Å². The molecule has 3 aromatic carbocycles. The van der Waals surface area contributed by atoms with E-state index in [1.54, 1.807) is 28.9 Å². The Morgan fingerprint density at radius 1 is 0.952 bits per heavy atom. The lowest BCUT2D eigenvalue weighted by molar-refractivity contribution is -0.148. The molecule has 5 rings (SSSR count). The number of aryl methyl sites for hydroxylation is 1. The highest BCUT2D eigenvalue weighted by Crippen LogP contribution is 2.29. The van der Waals surface area contributed by atoms with Crippen molar-refractivity contribution in [2.24, 2.45) is 0 Å². The van der Waals surface area contributed by atoms with Crippen molar-refractivity contribution < 1.29 is 19.8 Å². The molecule has 0 unspecified atom stereocenters. The molecular formula is C30H30N8O4. The third-order valence-electron chi connectivity index (χ3n) is 6.78. The van der Waals surface area contributed by atoms with Crippen molar-refractivity contribution in [2.75, 3.05) is 0 Å². The molecule has 4 N–H and O–H groups in total. The standard InChI is InChI=1S/C30H30N8O4/c1-2-8-25-32-28(29(40)31-24(26(39)30(41)42)17-19-9-4-3-5-10-19)35-38(25)18-20-13-15-21(16-14-20)22-11-6-7-12-23(22)27-33-36-37-34-27/h3-7,9-16,24,26,39H,2,8,17-18H2,1H3,(H,31,40)(H,41,42)(H,33,34,36,37)/t24-,26-/m1/s1. The van der Waals surface area contributed by atoms with Crippen molar-refractivity contribution in [3.05, 3.63) is 102 Å². The van der Waals surface area contributed by atoms with Gasteiger partial charge in [0, 0.05) is 12.0 Å². The molecule has 12 heteroatoms. The smallest absolute Gasteiger partial charge is 0.334 e. The summed E-state index contributed by atoms with van der Waals surface area (Å²) in [6, 6.07) is 23.8. The van der Waals surface area contributed by atoms with Crippen LogP contribution in [-0.4, -0.2) is 69.6 Å². The number of aliphatic hydroxyl groups is 1. The maximum Gasteiger partial charge on any atom is 0.334 e. The van der Waals surface area contributed by atoms with E-state index in [4.69, 9.17) is 0 Å². The minimum absolute atomic E-state index is 0.0836. The predicted molar refractivity (Wildman–Crippen MR) is 153 cm³/mol. The van der Waals surface area contributed by atoms with Crippen molar-refractivity contribution in [1.82, 2.24) is 40.7 Å². The Balaban J connectivity index is 1.34. The first kappa shape index (κ1) is 28.3. The van der Waals surface area contributed by atoms with Gasteiger partial charge in [0.05, 0.1) is 12.6 Å². The molecule has 0 radical (unpaired) electrons. The molecule has 0 saturated carbocycles. The number of benzene rings is 3. The van der Waals surface area contributed by atoms with Crippen LogP contribution in [-0.2, 0) is 24.2 Å². The molecule has 0 aliphatic carbocycles. The van der Waals surface area contributed by atoms with Crippen LogP contribution in [0.2, 0.25) is 0 Å². The molecule has 0 spiro atoms. The maximum atomic E-state index is 13.2.